The summed E-state index contributed by atoms with van der Waals surface area (Å²) in [5, 5.41) is 4.38. The minimum Gasteiger partial charge on any atom is -0.479 e. The molecule has 1 aromatic heterocycles. The van der Waals surface area contributed by atoms with E-state index in [4.69, 9.17) is 10.5 Å². The second-order valence-electron chi connectivity index (χ2n) is 5.44. The van der Waals surface area contributed by atoms with E-state index in [1.165, 1.54) is 13.2 Å². The first-order valence-corrected chi connectivity index (χ1v) is 7.33. The second-order valence-corrected chi connectivity index (χ2v) is 5.44. The maximum atomic E-state index is 12.6. The lowest BCUT2D eigenvalue weighted by Crippen LogP contribution is -2.22. The number of para-hydroxylation sites is 1. The van der Waals surface area contributed by atoms with Crippen molar-refractivity contribution < 1.29 is 14.3 Å². The van der Waals surface area contributed by atoms with Gasteiger partial charge in [-0.15, -0.1) is 5.10 Å². The van der Waals surface area contributed by atoms with E-state index < -0.39 is 11.6 Å². The molecule has 6 nitrogen and oxygen atoms in total. The fourth-order valence-corrected chi connectivity index (χ4v) is 2.94. The van der Waals surface area contributed by atoms with Crippen molar-refractivity contribution in [2.24, 2.45) is 0 Å². The van der Waals surface area contributed by atoms with Crippen molar-refractivity contribution in [1.82, 2.24) is 9.78 Å². The molecule has 0 atom stereocenters. The van der Waals surface area contributed by atoms with Crippen LogP contribution in [-0.2, 0) is 0 Å². The molecule has 3 aromatic rings. The summed E-state index contributed by atoms with van der Waals surface area (Å²) in [7, 11) is 1.42. The van der Waals surface area contributed by atoms with Gasteiger partial charge in [-0.1, -0.05) is 18.2 Å². The van der Waals surface area contributed by atoms with E-state index in [-0.39, 0.29) is 17.0 Å². The average molecular weight is 319 g/mol. The number of methoxy groups -OCH3 is 1. The first kappa shape index (κ1) is 14.2. The Morgan fingerprint density at radius 1 is 1.00 bits per heavy atom. The SMILES string of the molecule is COc1nn(-c2ccccc2)c2c1C(=O)C(=O)c1cc(N)ccc1-2. The molecule has 1 aliphatic rings. The molecule has 24 heavy (non-hydrogen) atoms. The van der Waals surface area contributed by atoms with Crippen LogP contribution in [0.25, 0.3) is 16.9 Å². The standard InChI is InChI=1S/C18H13N3O3/c1-24-18-14-15(21(20-18)11-5-3-2-4-6-11)12-8-7-10(19)9-13(12)16(22)17(14)23/h2-9H,19H2,1H3. The first-order valence-electron chi connectivity index (χ1n) is 7.33. The highest BCUT2D eigenvalue weighted by molar-refractivity contribution is 6.53. The van der Waals surface area contributed by atoms with E-state index in [1.54, 1.807) is 16.8 Å². The Balaban J connectivity index is 2.10. The maximum absolute atomic E-state index is 12.6. The molecule has 0 unspecified atom stereocenters. The monoisotopic (exact) mass is 319 g/mol. The average Bonchev–Trinajstić information content (AvgIpc) is 3.00. The van der Waals surface area contributed by atoms with Gasteiger partial charge in [-0.25, -0.2) is 4.68 Å². The van der Waals surface area contributed by atoms with Crippen LogP contribution in [0.2, 0.25) is 0 Å². The van der Waals surface area contributed by atoms with Gasteiger partial charge < -0.3 is 10.5 Å². The fraction of sp³-hybridized carbons (Fsp3) is 0.0556. The number of Topliss-reactive ketones (excluding diaryl/α,β-unsaturated/α-hetero) is 2. The van der Waals surface area contributed by atoms with Crippen molar-refractivity contribution in [3.63, 3.8) is 0 Å². The Bertz CT molecular complexity index is 990. The molecule has 0 spiro atoms. The number of fused-ring (bicyclic) bond motifs is 3. The van der Waals surface area contributed by atoms with Gasteiger partial charge in [0.1, 0.15) is 5.56 Å². The molecular weight excluding hydrogens is 306 g/mol. The summed E-state index contributed by atoms with van der Waals surface area (Å²) in [6, 6.07) is 14.3. The molecule has 4 rings (SSSR count). The second kappa shape index (κ2) is 5.06. The third-order valence-corrected chi connectivity index (χ3v) is 4.02. The van der Waals surface area contributed by atoms with Gasteiger partial charge in [0.15, 0.2) is 0 Å². The third kappa shape index (κ3) is 1.86. The van der Waals surface area contributed by atoms with Gasteiger partial charge >= 0.3 is 0 Å². The van der Waals surface area contributed by atoms with Gasteiger partial charge in [0.2, 0.25) is 17.4 Å². The predicted molar refractivity (Wildman–Crippen MR) is 88.6 cm³/mol. The van der Waals surface area contributed by atoms with Gasteiger partial charge in [0.05, 0.1) is 18.5 Å². The van der Waals surface area contributed by atoms with E-state index in [9.17, 15) is 9.59 Å². The predicted octanol–water partition coefficient (Wildman–Crippen LogP) is 2.51. The Kier molecular flexibility index (Phi) is 2.99. The highest BCUT2D eigenvalue weighted by atomic mass is 16.5. The summed E-state index contributed by atoms with van der Waals surface area (Å²) < 4.78 is 6.86. The molecule has 0 saturated heterocycles. The van der Waals surface area contributed by atoms with Gasteiger partial charge in [-0.05, 0) is 30.3 Å². The van der Waals surface area contributed by atoms with E-state index in [0.29, 0.717) is 16.9 Å². The molecule has 2 aromatic carbocycles. The van der Waals surface area contributed by atoms with E-state index >= 15 is 0 Å². The maximum Gasteiger partial charge on any atom is 0.245 e. The summed E-state index contributed by atoms with van der Waals surface area (Å²) in [6.45, 7) is 0. The Hall–Kier alpha value is -3.41. The minimum atomic E-state index is -0.637. The normalized spacial score (nSPS) is 12.7. The molecule has 118 valence electrons. The van der Waals surface area contributed by atoms with Crippen molar-refractivity contribution in [2.75, 3.05) is 12.8 Å². The number of ether oxygens (including phenoxy) is 1. The number of carbonyl (C=O) groups excluding carboxylic acids is 2. The number of nitrogens with zero attached hydrogens (tertiary/aromatic N) is 2. The zero-order valence-corrected chi connectivity index (χ0v) is 12.8. The van der Waals surface area contributed by atoms with E-state index in [1.807, 2.05) is 30.3 Å². The summed E-state index contributed by atoms with van der Waals surface area (Å²) in [4.78, 5) is 25.0. The molecule has 0 radical (unpaired) electrons. The number of carbonyl (C=O) groups is 2. The lowest BCUT2D eigenvalue weighted by atomic mass is 9.87. The van der Waals surface area contributed by atoms with Crippen LogP contribution in [0.15, 0.2) is 48.5 Å². The fourth-order valence-electron chi connectivity index (χ4n) is 2.94. The number of nitrogen functional groups attached to an aromatic ring is 1. The zero-order valence-electron chi connectivity index (χ0n) is 12.8. The number of anilines is 1. The quantitative estimate of drug-likeness (QED) is 0.579. The number of ketones is 2. The number of hydrogen-bond acceptors (Lipinski definition) is 5. The van der Waals surface area contributed by atoms with Gasteiger partial charge in [0, 0.05) is 16.8 Å². The molecule has 2 N–H and O–H groups in total. The van der Waals surface area contributed by atoms with Gasteiger partial charge in [-0.3, -0.25) is 9.59 Å². The smallest absolute Gasteiger partial charge is 0.245 e. The molecule has 0 amide bonds. The van der Waals surface area contributed by atoms with Crippen LogP contribution in [0.1, 0.15) is 20.7 Å². The van der Waals surface area contributed by atoms with Crippen molar-refractivity contribution >= 4 is 17.3 Å². The zero-order chi connectivity index (χ0) is 16.8. The highest BCUT2D eigenvalue weighted by Crippen LogP contribution is 2.40. The van der Waals surface area contributed by atoms with Gasteiger partial charge in [0.25, 0.3) is 0 Å². The molecule has 0 aliphatic heterocycles. The van der Waals surface area contributed by atoms with Crippen LogP contribution in [0.3, 0.4) is 0 Å². The van der Waals surface area contributed by atoms with Crippen LogP contribution in [-0.4, -0.2) is 28.5 Å². The number of hydrogen-bond donors (Lipinski definition) is 1. The topological polar surface area (TPSA) is 87.2 Å². The van der Waals surface area contributed by atoms with Crippen molar-refractivity contribution in [1.29, 1.82) is 0 Å². The molecular formula is C18H13N3O3. The molecule has 1 heterocycles. The molecule has 6 heteroatoms. The lowest BCUT2D eigenvalue weighted by Gasteiger charge is -2.17. The van der Waals surface area contributed by atoms with Crippen LogP contribution in [0, 0.1) is 0 Å². The molecule has 0 bridgehead atoms. The van der Waals surface area contributed by atoms with Crippen LogP contribution in [0.4, 0.5) is 5.69 Å². The molecule has 0 fully saturated rings. The van der Waals surface area contributed by atoms with Crippen LogP contribution >= 0.6 is 0 Å². The Morgan fingerprint density at radius 3 is 2.46 bits per heavy atom. The van der Waals surface area contributed by atoms with Crippen molar-refractivity contribution in [2.45, 2.75) is 0 Å². The third-order valence-electron chi connectivity index (χ3n) is 4.02. The van der Waals surface area contributed by atoms with Gasteiger partial charge in [-0.2, -0.15) is 0 Å². The summed E-state index contributed by atoms with van der Waals surface area (Å²) >= 11 is 0. The summed E-state index contributed by atoms with van der Waals surface area (Å²) in [6.07, 6.45) is 0. The summed E-state index contributed by atoms with van der Waals surface area (Å²) in [5.74, 6) is -1.10. The van der Waals surface area contributed by atoms with Crippen molar-refractivity contribution in [3.05, 3.63) is 59.7 Å². The van der Waals surface area contributed by atoms with Crippen LogP contribution in [0.5, 0.6) is 5.88 Å². The highest BCUT2D eigenvalue weighted by Gasteiger charge is 2.37. The largest absolute Gasteiger partial charge is 0.479 e. The molecule has 1 aliphatic carbocycles. The number of aromatic nitrogens is 2. The minimum absolute atomic E-state index is 0.134. The first-order chi connectivity index (χ1) is 11.6. The molecule has 0 saturated carbocycles. The number of benzene rings is 2. The van der Waals surface area contributed by atoms with E-state index in [0.717, 1.165) is 5.69 Å². The Morgan fingerprint density at radius 2 is 1.75 bits per heavy atom. The van der Waals surface area contributed by atoms with Crippen molar-refractivity contribution in [3.8, 4) is 22.8 Å². The van der Waals surface area contributed by atoms with E-state index in [2.05, 4.69) is 5.10 Å². The number of rotatable bonds is 2. The van der Waals surface area contributed by atoms with Crippen LogP contribution < -0.4 is 10.5 Å². The Labute approximate surface area is 137 Å². The summed E-state index contributed by atoms with van der Waals surface area (Å²) in [5.41, 5.74) is 8.59. The lowest BCUT2D eigenvalue weighted by molar-refractivity contribution is 0.0813. The number of nitrogens with two attached hydrogens (primary N) is 1.